The van der Waals surface area contributed by atoms with Crippen LogP contribution < -0.4 is 9.04 Å². The van der Waals surface area contributed by atoms with Gasteiger partial charge in [0.15, 0.2) is 5.82 Å². The molecule has 0 bridgehead atoms. The second-order valence-corrected chi connectivity index (χ2v) is 12.7. The number of sulfonamides is 1. The second kappa shape index (κ2) is 12.2. The van der Waals surface area contributed by atoms with E-state index in [1.54, 1.807) is 67.9 Å². The molecular weight excluding hydrogens is 595 g/mol. The van der Waals surface area contributed by atoms with Crippen molar-refractivity contribution in [2.75, 3.05) is 24.1 Å². The van der Waals surface area contributed by atoms with Gasteiger partial charge in [0.2, 0.25) is 5.88 Å². The van der Waals surface area contributed by atoms with Crippen molar-refractivity contribution in [3.8, 4) is 11.7 Å². The van der Waals surface area contributed by atoms with Gasteiger partial charge in [-0.1, -0.05) is 23.2 Å². The normalized spacial score (nSPS) is 12.8. The molecule has 0 saturated carbocycles. The number of esters is 1. The largest absolute Gasteiger partial charge is 0.474 e. The molecule has 41 heavy (non-hydrogen) atoms. The molecule has 4 aromatic rings. The number of hydrogen-bond donors (Lipinski definition) is 2. The molecule has 4 rings (SSSR count). The van der Waals surface area contributed by atoms with E-state index in [4.69, 9.17) is 37.8 Å². The predicted octanol–water partition coefficient (Wildman–Crippen LogP) is 4.00. The van der Waals surface area contributed by atoms with E-state index < -0.39 is 40.8 Å². The number of carbonyl (C=O) groups is 1. The van der Waals surface area contributed by atoms with Crippen molar-refractivity contribution in [1.82, 2.24) is 14.8 Å². The van der Waals surface area contributed by atoms with Crippen LogP contribution in [0.3, 0.4) is 0 Å². The van der Waals surface area contributed by atoms with Crippen molar-refractivity contribution < 1.29 is 32.9 Å². The van der Waals surface area contributed by atoms with Gasteiger partial charge in [0, 0.05) is 27.7 Å². The molecule has 0 radical (unpaired) electrons. The summed E-state index contributed by atoms with van der Waals surface area (Å²) in [7, 11) is -4.30. The van der Waals surface area contributed by atoms with Crippen molar-refractivity contribution in [2.45, 2.75) is 37.4 Å². The van der Waals surface area contributed by atoms with E-state index in [0.29, 0.717) is 16.7 Å². The lowest BCUT2D eigenvalue weighted by Crippen LogP contribution is -2.39. The van der Waals surface area contributed by atoms with E-state index in [0.717, 1.165) is 4.31 Å². The topological polar surface area (TPSA) is 144 Å². The van der Waals surface area contributed by atoms with Gasteiger partial charge in [-0.3, -0.25) is 13.7 Å². The zero-order valence-electron chi connectivity index (χ0n) is 22.4. The van der Waals surface area contributed by atoms with E-state index in [-0.39, 0.29) is 33.1 Å². The molecule has 1 unspecified atom stereocenters. The van der Waals surface area contributed by atoms with Gasteiger partial charge in [0.25, 0.3) is 10.0 Å². The summed E-state index contributed by atoms with van der Waals surface area (Å²) in [5.74, 6) is -0.116. The van der Waals surface area contributed by atoms with Crippen LogP contribution in [-0.4, -0.2) is 70.8 Å². The molecule has 0 spiro atoms. The van der Waals surface area contributed by atoms with Crippen molar-refractivity contribution in [3.63, 3.8) is 0 Å². The summed E-state index contributed by atoms with van der Waals surface area (Å²) >= 11 is 12.2. The molecule has 0 saturated heterocycles. The third kappa shape index (κ3) is 7.46. The van der Waals surface area contributed by atoms with Crippen LogP contribution >= 0.6 is 23.2 Å². The third-order valence-electron chi connectivity index (χ3n) is 5.59. The lowest BCUT2D eigenvalue weighted by atomic mass is 10.2. The number of aliphatic hydroxyl groups is 2. The van der Waals surface area contributed by atoms with Crippen LogP contribution in [0.4, 0.5) is 5.69 Å². The standard InChI is InChI=1S/C27H28Cl2N4O7S/c1-27(2,3)40-26(36)14-33(41(37,38)22-12-18(28)11-19(29)13-22)20-4-5-23-17(10-20)8-9-32(23)24-6-7-25(31-30-24)39-16-21(35)15-34/h4-13,21,34-35H,14-16H2,1-3H3. The number of benzene rings is 2. The summed E-state index contributed by atoms with van der Waals surface area (Å²) in [6, 6.07) is 13.8. The number of aromatic nitrogens is 3. The van der Waals surface area contributed by atoms with Gasteiger partial charge in [0.05, 0.1) is 22.7 Å². The van der Waals surface area contributed by atoms with Crippen LogP contribution in [0.5, 0.6) is 5.88 Å². The number of rotatable bonds is 10. The minimum absolute atomic E-state index is 0.128. The van der Waals surface area contributed by atoms with E-state index >= 15 is 0 Å². The van der Waals surface area contributed by atoms with Gasteiger partial charge in [-0.15, -0.1) is 10.2 Å². The van der Waals surface area contributed by atoms with Gasteiger partial charge in [-0.2, -0.15) is 0 Å². The van der Waals surface area contributed by atoms with Gasteiger partial charge >= 0.3 is 5.97 Å². The summed E-state index contributed by atoms with van der Waals surface area (Å²) in [5.41, 5.74) is 0.0788. The Kier molecular flexibility index (Phi) is 9.10. The van der Waals surface area contributed by atoms with Crippen molar-refractivity contribution in [3.05, 3.63) is 70.8 Å². The molecule has 2 aromatic carbocycles. The number of halogens is 2. The maximum atomic E-state index is 13.8. The molecule has 218 valence electrons. The highest BCUT2D eigenvalue weighted by Gasteiger charge is 2.30. The molecule has 2 aromatic heterocycles. The molecule has 1 atom stereocenters. The number of hydrogen-bond acceptors (Lipinski definition) is 9. The maximum absolute atomic E-state index is 13.8. The second-order valence-electron chi connectivity index (χ2n) is 10.0. The Balaban J connectivity index is 1.69. The molecule has 0 amide bonds. The zero-order valence-corrected chi connectivity index (χ0v) is 24.7. The van der Waals surface area contributed by atoms with Crippen molar-refractivity contribution in [2.24, 2.45) is 0 Å². The summed E-state index contributed by atoms with van der Waals surface area (Å²) in [4.78, 5) is 12.6. The minimum atomic E-state index is -4.30. The lowest BCUT2D eigenvalue weighted by molar-refractivity contribution is -0.152. The fourth-order valence-electron chi connectivity index (χ4n) is 3.85. The minimum Gasteiger partial charge on any atom is -0.474 e. The average Bonchev–Trinajstić information content (AvgIpc) is 3.32. The van der Waals surface area contributed by atoms with Gasteiger partial charge in [-0.25, -0.2) is 8.42 Å². The Morgan fingerprint density at radius 3 is 2.37 bits per heavy atom. The number of ether oxygens (including phenoxy) is 2. The maximum Gasteiger partial charge on any atom is 0.327 e. The van der Waals surface area contributed by atoms with Gasteiger partial charge < -0.3 is 19.7 Å². The fourth-order valence-corrected chi connectivity index (χ4v) is 5.98. The quantitative estimate of drug-likeness (QED) is 0.251. The average molecular weight is 624 g/mol. The van der Waals surface area contributed by atoms with Crippen molar-refractivity contribution >= 4 is 55.8 Å². The Bertz CT molecular complexity index is 1630. The van der Waals surface area contributed by atoms with Crippen LogP contribution in [0.1, 0.15) is 20.8 Å². The molecule has 0 fully saturated rings. The summed E-state index contributed by atoms with van der Waals surface area (Å²) in [6.07, 6.45) is 0.700. The molecule has 2 heterocycles. The zero-order chi connectivity index (χ0) is 29.9. The Morgan fingerprint density at radius 2 is 1.76 bits per heavy atom. The Labute approximate surface area is 246 Å². The number of fused-ring (bicyclic) bond motifs is 1. The highest BCUT2D eigenvalue weighted by molar-refractivity contribution is 7.92. The fraction of sp³-hybridized carbons (Fsp3) is 0.296. The highest BCUT2D eigenvalue weighted by Crippen LogP contribution is 2.31. The van der Waals surface area contributed by atoms with Crippen LogP contribution in [0, 0.1) is 0 Å². The number of aliphatic hydroxyl groups excluding tert-OH is 2. The first-order valence-electron chi connectivity index (χ1n) is 12.3. The molecule has 0 aliphatic rings. The molecular formula is C27H28Cl2N4O7S. The van der Waals surface area contributed by atoms with Gasteiger partial charge in [-0.05, 0) is 69.3 Å². The van der Waals surface area contributed by atoms with E-state index in [1.807, 2.05) is 0 Å². The number of anilines is 1. The van der Waals surface area contributed by atoms with Crippen LogP contribution in [0.15, 0.2) is 65.7 Å². The van der Waals surface area contributed by atoms with Crippen molar-refractivity contribution in [1.29, 1.82) is 0 Å². The summed E-state index contributed by atoms with van der Waals surface area (Å²) in [6.45, 7) is 3.91. The molecule has 14 heteroatoms. The van der Waals surface area contributed by atoms with E-state index in [2.05, 4.69) is 10.2 Å². The van der Waals surface area contributed by atoms with Gasteiger partial charge in [0.1, 0.15) is 24.9 Å². The molecule has 0 aliphatic heterocycles. The monoisotopic (exact) mass is 622 g/mol. The number of carbonyl (C=O) groups excluding carboxylic acids is 1. The highest BCUT2D eigenvalue weighted by atomic mass is 35.5. The van der Waals surface area contributed by atoms with Crippen LogP contribution in [0.25, 0.3) is 16.7 Å². The lowest BCUT2D eigenvalue weighted by Gasteiger charge is -2.26. The smallest absolute Gasteiger partial charge is 0.327 e. The van der Waals surface area contributed by atoms with E-state index in [1.165, 1.54) is 18.2 Å². The first-order chi connectivity index (χ1) is 19.3. The molecule has 0 aliphatic carbocycles. The predicted molar refractivity (Wildman–Crippen MR) is 154 cm³/mol. The Hall–Kier alpha value is -3.42. The summed E-state index contributed by atoms with van der Waals surface area (Å²) < 4.78 is 41.0. The SMILES string of the molecule is CC(C)(C)OC(=O)CN(c1ccc2c(ccn2-c2ccc(OCC(O)CO)nn2)c1)S(=O)(=O)c1cc(Cl)cc(Cl)c1. The number of nitrogens with zero attached hydrogens (tertiary/aromatic N) is 4. The molecule has 11 nitrogen and oxygen atoms in total. The van der Waals surface area contributed by atoms with E-state index in [9.17, 15) is 18.3 Å². The first kappa shape index (κ1) is 30.5. The third-order valence-corrected chi connectivity index (χ3v) is 7.77. The van der Waals surface area contributed by atoms with Crippen LogP contribution in [0.2, 0.25) is 10.0 Å². The molecule has 2 N–H and O–H groups in total. The first-order valence-corrected chi connectivity index (χ1v) is 14.5. The Morgan fingerprint density at radius 1 is 1.05 bits per heavy atom. The summed E-state index contributed by atoms with van der Waals surface area (Å²) in [5, 5.41) is 27.4. The van der Waals surface area contributed by atoms with Crippen LogP contribution in [-0.2, 0) is 19.6 Å².